The summed E-state index contributed by atoms with van der Waals surface area (Å²) in [6, 6.07) is 5.91. The average Bonchev–Trinajstić information content (AvgIpc) is 3.16. The van der Waals surface area contributed by atoms with E-state index in [1.807, 2.05) is 0 Å². The Bertz CT molecular complexity index is 792. The van der Waals surface area contributed by atoms with Gasteiger partial charge in [-0.05, 0) is 69.5 Å². The van der Waals surface area contributed by atoms with Crippen molar-refractivity contribution < 1.29 is 16.8 Å². The standard InChI is InChI=1S/C16H25N3O4S2/c1-17-24(20,21)14-4-6-15(7-5-14)25(22,23)19-11-8-13(9-12-19)16-3-2-10-18-16/h4-7,13,16-18H,2-3,8-12H2,1H3. The molecule has 1 unspecified atom stereocenters. The summed E-state index contributed by atoms with van der Waals surface area (Å²) in [4.78, 5) is 0.194. The van der Waals surface area contributed by atoms with Crippen LogP contribution in [0.25, 0.3) is 0 Å². The Morgan fingerprint density at radius 2 is 1.60 bits per heavy atom. The predicted molar refractivity (Wildman–Crippen MR) is 95.2 cm³/mol. The molecule has 2 aliphatic rings. The second-order valence-corrected chi connectivity index (χ2v) is 10.4. The molecule has 0 bridgehead atoms. The lowest BCUT2D eigenvalue weighted by Gasteiger charge is -2.34. The molecule has 0 aromatic heterocycles. The minimum Gasteiger partial charge on any atom is -0.314 e. The quantitative estimate of drug-likeness (QED) is 0.777. The Morgan fingerprint density at radius 3 is 2.12 bits per heavy atom. The van der Waals surface area contributed by atoms with Crippen LogP contribution in [-0.2, 0) is 20.0 Å². The van der Waals surface area contributed by atoms with Gasteiger partial charge in [0.15, 0.2) is 0 Å². The lowest BCUT2D eigenvalue weighted by atomic mass is 9.89. The van der Waals surface area contributed by atoms with E-state index in [0.29, 0.717) is 25.0 Å². The summed E-state index contributed by atoms with van der Waals surface area (Å²) in [6.07, 6.45) is 4.11. The molecule has 0 aliphatic carbocycles. The van der Waals surface area contributed by atoms with E-state index in [-0.39, 0.29) is 9.79 Å². The molecule has 1 aromatic carbocycles. The number of nitrogens with zero attached hydrogens (tertiary/aromatic N) is 1. The van der Waals surface area contributed by atoms with Crippen molar-refractivity contribution in [2.45, 2.75) is 41.5 Å². The van der Waals surface area contributed by atoms with Gasteiger partial charge in [0.2, 0.25) is 20.0 Å². The van der Waals surface area contributed by atoms with Crippen LogP contribution in [0, 0.1) is 5.92 Å². The largest absolute Gasteiger partial charge is 0.314 e. The number of nitrogens with one attached hydrogen (secondary N) is 2. The second kappa shape index (κ2) is 7.32. The monoisotopic (exact) mass is 387 g/mol. The van der Waals surface area contributed by atoms with E-state index in [1.165, 1.54) is 48.5 Å². The Hall–Kier alpha value is -1.00. The minimum absolute atomic E-state index is 0.0555. The highest BCUT2D eigenvalue weighted by Gasteiger charge is 2.33. The summed E-state index contributed by atoms with van der Waals surface area (Å²) in [5.74, 6) is 0.539. The maximum atomic E-state index is 12.8. The van der Waals surface area contributed by atoms with Gasteiger partial charge in [-0.1, -0.05) is 0 Å². The van der Waals surface area contributed by atoms with Crippen LogP contribution in [0.1, 0.15) is 25.7 Å². The van der Waals surface area contributed by atoms with Gasteiger partial charge < -0.3 is 5.32 Å². The highest BCUT2D eigenvalue weighted by Crippen LogP contribution is 2.29. The first-order valence-electron chi connectivity index (χ1n) is 8.62. The van der Waals surface area contributed by atoms with Crippen molar-refractivity contribution in [1.29, 1.82) is 0 Å². The highest BCUT2D eigenvalue weighted by molar-refractivity contribution is 7.89. The fourth-order valence-electron chi connectivity index (χ4n) is 3.69. The molecule has 1 atom stereocenters. The Kier molecular flexibility index (Phi) is 5.50. The van der Waals surface area contributed by atoms with Crippen molar-refractivity contribution in [3.05, 3.63) is 24.3 Å². The number of hydrogen-bond donors (Lipinski definition) is 2. The van der Waals surface area contributed by atoms with Crippen molar-refractivity contribution in [2.75, 3.05) is 26.7 Å². The summed E-state index contributed by atoms with van der Waals surface area (Å²) in [5, 5.41) is 3.51. The van der Waals surface area contributed by atoms with Crippen LogP contribution in [0.3, 0.4) is 0 Å². The van der Waals surface area contributed by atoms with Crippen LogP contribution in [0.5, 0.6) is 0 Å². The Balaban J connectivity index is 1.70. The van der Waals surface area contributed by atoms with Gasteiger partial charge in [0.1, 0.15) is 0 Å². The molecular weight excluding hydrogens is 362 g/mol. The highest BCUT2D eigenvalue weighted by atomic mass is 32.2. The topological polar surface area (TPSA) is 95.6 Å². The van der Waals surface area contributed by atoms with Gasteiger partial charge in [0.25, 0.3) is 0 Å². The van der Waals surface area contributed by atoms with Gasteiger partial charge >= 0.3 is 0 Å². The zero-order valence-electron chi connectivity index (χ0n) is 14.3. The van der Waals surface area contributed by atoms with Crippen LogP contribution in [0.15, 0.2) is 34.1 Å². The summed E-state index contributed by atoms with van der Waals surface area (Å²) >= 11 is 0. The van der Waals surface area contributed by atoms with E-state index in [4.69, 9.17) is 0 Å². The van der Waals surface area contributed by atoms with Crippen molar-refractivity contribution >= 4 is 20.0 Å². The maximum absolute atomic E-state index is 12.8. The van der Waals surface area contributed by atoms with E-state index in [2.05, 4.69) is 10.0 Å². The normalized spacial score (nSPS) is 23.8. The number of benzene rings is 1. The van der Waals surface area contributed by atoms with Crippen LogP contribution in [0.4, 0.5) is 0 Å². The van der Waals surface area contributed by atoms with E-state index >= 15 is 0 Å². The molecule has 7 nitrogen and oxygen atoms in total. The molecule has 1 aromatic rings. The summed E-state index contributed by atoms with van der Waals surface area (Å²) < 4.78 is 52.8. The molecular formula is C16H25N3O4S2. The average molecular weight is 388 g/mol. The van der Waals surface area contributed by atoms with E-state index in [9.17, 15) is 16.8 Å². The van der Waals surface area contributed by atoms with Gasteiger partial charge in [-0.25, -0.2) is 21.6 Å². The minimum atomic E-state index is -3.58. The molecule has 2 saturated heterocycles. The van der Waals surface area contributed by atoms with Crippen LogP contribution >= 0.6 is 0 Å². The van der Waals surface area contributed by atoms with Crippen LogP contribution in [-0.4, -0.2) is 53.9 Å². The SMILES string of the molecule is CNS(=O)(=O)c1ccc(S(=O)(=O)N2CCC(C3CCCN3)CC2)cc1. The molecule has 2 fully saturated rings. The first-order chi connectivity index (χ1) is 11.8. The number of piperidine rings is 1. The zero-order chi connectivity index (χ0) is 18.1. The van der Waals surface area contributed by atoms with E-state index < -0.39 is 20.0 Å². The lowest BCUT2D eigenvalue weighted by molar-refractivity contribution is 0.234. The van der Waals surface area contributed by atoms with Gasteiger partial charge in [0.05, 0.1) is 9.79 Å². The maximum Gasteiger partial charge on any atom is 0.243 e. The van der Waals surface area contributed by atoms with Crippen molar-refractivity contribution in [2.24, 2.45) is 5.92 Å². The van der Waals surface area contributed by atoms with Gasteiger partial charge in [-0.2, -0.15) is 4.31 Å². The molecule has 2 heterocycles. The molecule has 9 heteroatoms. The molecule has 0 saturated carbocycles. The fraction of sp³-hybridized carbons (Fsp3) is 0.625. The second-order valence-electron chi connectivity index (χ2n) is 6.62. The summed E-state index contributed by atoms with van der Waals surface area (Å²) in [7, 11) is -5.82. The third kappa shape index (κ3) is 3.90. The summed E-state index contributed by atoms with van der Waals surface area (Å²) in [5.41, 5.74) is 0. The molecule has 3 rings (SSSR count). The Labute approximate surface area is 149 Å². The van der Waals surface area contributed by atoms with Crippen molar-refractivity contribution in [3.63, 3.8) is 0 Å². The third-order valence-electron chi connectivity index (χ3n) is 5.21. The number of rotatable bonds is 5. The zero-order valence-corrected chi connectivity index (χ0v) is 15.9. The van der Waals surface area contributed by atoms with Gasteiger partial charge in [0, 0.05) is 19.1 Å². The molecule has 140 valence electrons. The third-order valence-corrected chi connectivity index (χ3v) is 8.55. The van der Waals surface area contributed by atoms with E-state index in [0.717, 1.165) is 19.4 Å². The first-order valence-corrected chi connectivity index (χ1v) is 11.5. The smallest absolute Gasteiger partial charge is 0.243 e. The van der Waals surface area contributed by atoms with Crippen LogP contribution in [0.2, 0.25) is 0 Å². The molecule has 2 aliphatic heterocycles. The van der Waals surface area contributed by atoms with Crippen molar-refractivity contribution in [1.82, 2.24) is 14.3 Å². The Morgan fingerprint density at radius 1 is 1.00 bits per heavy atom. The molecule has 0 spiro atoms. The van der Waals surface area contributed by atoms with Gasteiger partial charge in [-0.3, -0.25) is 0 Å². The lowest BCUT2D eigenvalue weighted by Crippen LogP contribution is -2.43. The molecule has 0 radical (unpaired) electrons. The van der Waals surface area contributed by atoms with Crippen LogP contribution < -0.4 is 10.0 Å². The molecule has 2 N–H and O–H groups in total. The van der Waals surface area contributed by atoms with Gasteiger partial charge in [-0.15, -0.1) is 0 Å². The number of hydrogen-bond acceptors (Lipinski definition) is 5. The first kappa shape index (κ1) is 18.8. The fourth-order valence-corrected chi connectivity index (χ4v) is 5.89. The van der Waals surface area contributed by atoms with E-state index in [1.54, 1.807) is 0 Å². The molecule has 0 amide bonds. The van der Waals surface area contributed by atoms with Crippen molar-refractivity contribution in [3.8, 4) is 0 Å². The predicted octanol–water partition coefficient (Wildman–Crippen LogP) is 0.747. The molecule has 25 heavy (non-hydrogen) atoms. The number of sulfonamides is 2. The summed E-state index contributed by atoms with van der Waals surface area (Å²) in [6.45, 7) is 2.09.